The van der Waals surface area contributed by atoms with Crippen LogP contribution >= 0.6 is 0 Å². The van der Waals surface area contributed by atoms with Crippen molar-refractivity contribution in [2.45, 2.75) is 122 Å². The molecule has 3 N–H and O–H groups in total. The van der Waals surface area contributed by atoms with Crippen LogP contribution in [0.15, 0.2) is 23.2 Å². The Morgan fingerprint density at radius 1 is 0.767 bits per heavy atom. The average Bonchev–Trinajstić information content (AvgIpc) is 3.78. The molecule has 0 spiro atoms. The maximum absolute atomic E-state index is 13.9. The van der Waals surface area contributed by atoms with Gasteiger partial charge in [-0.3, -0.25) is 9.59 Å². The number of ketones is 2. The van der Waals surface area contributed by atoms with E-state index in [9.17, 15) is 39.3 Å². The molecule has 242 valence electrons. The van der Waals surface area contributed by atoms with Gasteiger partial charge in [0.2, 0.25) is 29.5 Å². The zero-order valence-electron chi connectivity index (χ0n) is 25.3. The summed E-state index contributed by atoms with van der Waals surface area (Å²) in [5.41, 5.74) is -3.66. The lowest BCUT2D eigenvalue weighted by Crippen LogP contribution is -2.57. The third kappa shape index (κ3) is 10.3. The van der Waals surface area contributed by atoms with Crippen LogP contribution in [-0.4, -0.2) is 82.4 Å². The van der Waals surface area contributed by atoms with Crippen molar-refractivity contribution in [3.63, 3.8) is 0 Å². The topological polar surface area (TPSA) is 186 Å². The highest BCUT2D eigenvalue weighted by Crippen LogP contribution is 2.35. The van der Waals surface area contributed by atoms with E-state index in [2.05, 4.69) is 13.8 Å². The van der Waals surface area contributed by atoms with Crippen LogP contribution in [0.4, 0.5) is 0 Å². The van der Waals surface area contributed by atoms with E-state index >= 15 is 0 Å². The summed E-state index contributed by atoms with van der Waals surface area (Å²) in [6.45, 7) is 0.598. The van der Waals surface area contributed by atoms with Crippen molar-refractivity contribution in [2.75, 3.05) is 19.8 Å². The number of rotatable bonds is 21. The number of unbranched alkanes of at least 4 members (excludes halogenated alkanes) is 11. The molecule has 12 nitrogen and oxygen atoms in total. The van der Waals surface area contributed by atoms with Gasteiger partial charge in [-0.2, -0.15) is 0 Å². The lowest BCUT2D eigenvalue weighted by molar-refractivity contribution is -0.193. The summed E-state index contributed by atoms with van der Waals surface area (Å²) >= 11 is 0. The van der Waals surface area contributed by atoms with Crippen LogP contribution in [0.25, 0.3) is 0 Å². The quantitative estimate of drug-likeness (QED) is 0.0431. The lowest BCUT2D eigenvalue weighted by atomic mass is 9.89. The Labute approximate surface area is 252 Å². The molecule has 0 radical (unpaired) electrons. The monoisotopic (exact) mass is 610 g/mol. The van der Waals surface area contributed by atoms with E-state index in [1.165, 1.54) is 6.08 Å². The number of hydrogen-bond donors (Lipinski definition) is 3. The molecule has 2 heterocycles. The Bertz CT molecular complexity index is 1040. The van der Waals surface area contributed by atoms with Crippen molar-refractivity contribution in [3.8, 4) is 0 Å². The standard InChI is InChI=1S/C31H46O12/c1-3-5-7-9-11-12-14-16-21(25(35)26-22(40-26)17-15-13-10-8-6-4-2)27(36)31(20-34)30(39)42-23(18-32)28(37)41-24(19-33)29(38)43-31/h16,23-24,32-34H,3-15,17-20H2,1-2H3/b21-16+. The first-order chi connectivity index (χ1) is 20.7. The molecule has 3 atom stereocenters. The second-order valence-corrected chi connectivity index (χ2v) is 10.8. The largest absolute Gasteiger partial charge is 0.450 e. The number of carbonyl (C=O) groups is 5. The Morgan fingerprint density at radius 2 is 1.33 bits per heavy atom. The van der Waals surface area contributed by atoms with Crippen molar-refractivity contribution in [2.24, 2.45) is 0 Å². The molecule has 2 rings (SSSR count). The maximum atomic E-state index is 13.9. The Balaban J connectivity index is 2.36. The van der Waals surface area contributed by atoms with E-state index in [-0.39, 0.29) is 12.2 Å². The number of allylic oxidation sites excluding steroid dienone is 3. The van der Waals surface area contributed by atoms with Gasteiger partial charge in [0.1, 0.15) is 6.61 Å². The molecule has 1 fully saturated rings. The van der Waals surface area contributed by atoms with Crippen molar-refractivity contribution in [1.82, 2.24) is 0 Å². The summed E-state index contributed by atoms with van der Waals surface area (Å²) < 4.78 is 20.2. The van der Waals surface area contributed by atoms with E-state index in [0.29, 0.717) is 18.6 Å². The van der Waals surface area contributed by atoms with E-state index in [4.69, 9.17) is 18.9 Å². The zero-order valence-corrected chi connectivity index (χ0v) is 25.3. The summed E-state index contributed by atoms with van der Waals surface area (Å²) in [5.74, 6) is -6.43. The van der Waals surface area contributed by atoms with Gasteiger partial charge in [0.15, 0.2) is 5.76 Å². The van der Waals surface area contributed by atoms with E-state index < -0.39 is 72.7 Å². The zero-order chi connectivity index (χ0) is 31.8. The minimum absolute atomic E-state index is 0.0491. The summed E-state index contributed by atoms with van der Waals surface area (Å²) in [6.07, 6.45) is 9.89. The first-order valence-electron chi connectivity index (χ1n) is 15.4. The highest BCUT2D eigenvalue weighted by molar-refractivity contribution is 6.32. The molecule has 0 amide bonds. The molecule has 0 bridgehead atoms. The lowest BCUT2D eigenvalue weighted by Gasteiger charge is -2.28. The summed E-state index contributed by atoms with van der Waals surface area (Å²) in [5, 5.41) is 29.4. The van der Waals surface area contributed by atoms with E-state index in [1.54, 1.807) is 0 Å². The van der Waals surface area contributed by atoms with Gasteiger partial charge in [-0.15, -0.1) is 0 Å². The molecule has 43 heavy (non-hydrogen) atoms. The predicted octanol–water partition coefficient (Wildman–Crippen LogP) is 2.89. The van der Waals surface area contributed by atoms with Crippen molar-refractivity contribution < 1.29 is 58.2 Å². The molecular formula is C31H46O12. The summed E-state index contributed by atoms with van der Waals surface area (Å²) in [6, 6.07) is 0. The van der Waals surface area contributed by atoms with Gasteiger partial charge in [-0.05, 0) is 19.3 Å². The van der Waals surface area contributed by atoms with Crippen LogP contribution < -0.4 is 0 Å². The van der Waals surface area contributed by atoms with E-state index in [1.807, 2.05) is 0 Å². The molecule has 0 saturated carbocycles. The van der Waals surface area contributed by atoms with Crippen LogP contribution in [0.1, 0.15) is 104 Å². The SMILES string of the molecule is CCCCCCCC/C=C(\C(=O)C1=C(CCCCCCCC)O1)C(=O)C1(CO)OC(=O)C(CO)OC(=O)C(CO)OC1=O. The van der Waals surface area contributed by atoms with Gasteiger partial charge in [-0.25, -0.2) is 14.4 Å². The number of carbonyl (C=O) groups excluding carboxylic acids is 5. The van der Waals surface area contributed by atoms with Crippen LogP contribution in [0.3, 0.4) is 0 Å². The maximum Gasteiger partial charge on any atom is 0.362 e. The summed E-state index contributed by atoms with van der Waals surface area (Å²) in [4.78, 5) is 65.8. The third-order valence-electron chi connectivity index (χ3n) is 7.36. The fourth-order valence-electron chi connectivity index (χ4n) is 4.65. The number of hydrogen-bond acceptors (Lipinski definition) is 12. The van der Waals surface area contributed by atoms with Gasteiger partial charge in [0.05, 0.1) is 18.8 Å². The van der Waals surface area contributed by atoms with Gasteiger partial charge in [-0.1, -0.05) is 84.1 Å². The summed E-state index contributed by atoms with van der Waals surface area (Å²) in [7, 11) is 0. The molecular weight excluding hydrogens is 564 g/mol. The molecule has 12 heteroatoms. The molecule has 0 aromatic heterocycles. The number of Topliss-reactive ketones (excluding diaryl/α,β-unsaturated/α-hetero) is 2. The molecule has 0 aliphatic carbocycles. The predicted molar refractivity (Wildman–Crippen MR) is 152 cm³/mol. The normalized spacial score (nSPS) is 22.5. The van der Waals surface area contributed by atoms with E-state index in [0.717, 1.165) is 70.6 Å². The van der Waals surface area contributed by atoms with Crippen molar-refractivity contribution >= 4 is 29.5 Å². The van der Waals surface area contributed by atoms with Gasteiger partial charge < -0.3 is 34.3 Å². The Morgan fingerprint density at radius 3 is 1.91 bits per heavy atom. The molecule has 0 aromatic carbocycles. The fraction of sp³-hybridized carbons (Fsp3) is 0.710. The number of cyclic esters (lactones) is 3. The molecule has 2 aliphatic rings. The van der Waals surface area contributed by atoms with Crippen molar-refractivity contribution in [3.05, 3.63) is 23.2 Å². The molecule has 2 aliphatic heterocycles. The number of ether oxygens (including phenoxy) is 4. The minimum Gasteiger partial charge on any atom is -0.450 e. The van der Waals surface area contributed by atoms with Crippen molar-refractivity contribution in [1.29, 1.82) is 0 Å². The van der Waals surface area contributed by atoms with Crippen LogP contribution in [0.5, 0.6) is 0 Å². The second kappa shape index (κ2) is 18.5. The first kappa shape index (κ1) is 36.1. The number of aliphatic hydroxyl groups is 3. The third-order valence-corrected chi connectivity index (χ3v) is 7.36. The average molecular weight is 611 g/mol. The van der Waals surface area contributed by atoms with Crippen LogP contribution in [0.2, 0.25) is 0 Å². The Kier molecular flexibility index (Phi) is 15.6. The molecule has 1 saturated heterocycles. The highest BCUT2D eigenvalue weighted by Gasteiger charge is 2.57. The molecule has 0 aromatic rings. The number of esters is 3. The van der Waals surface area contributed by atoms with Crippen LogP contribution in [0, 0.1) is 0 Å². The minimum atomic E-state index is -3.11. The Hall–Kier alpha value is -3.09. The van der Waals surface area contributed by atoms with Gasteiger partial charge >= 0.3 is 17.9 Å². The molecule has 3 unspecified atom stereocenters. The second-order valence-electron chi connectivity index (χ2n) is 10.8. The van der Waals surface area contributed by atoms with Gasteiger partial charge in [0.25, 0.3) is 5.60 Å². The smallest absolute Gasteiger partial charge is 0.362 e. The first-order valence-corrected chi connectivity index (χ1v) is 15.4. The van der Waals surface area contributed by atoms with Crippen LogP contribution in [-0.2, 0) is 42.9 Å². The highest BCUT2D eigenvalue weighted by atomic mass is 16.7. The van der Waals surface area contributed by atoms with Gasteiger partial charge in [0, 0.05) is 6.42 Å². The fourth-order valence-corrected chi connectivity index (χ4v) is 4.65. The number of aliphatic hydroxyl groups excluding tert-OH is 3.